The first kappa shape index (κ1) is 22.5. The molecule has 1 saturated carbocycles. The van der Waals surface area contributed by atoms with Gasteiger partial charge in [-0.3, -0.25) is 0 Å². The SMILES string of the molecule is Cc1ccc(-c2cc(C3(O)CCC(O)(C(F)(F)F)CC3)nn2-c2ccc(CO)cc2)cc1. The second kappa shape index (κ2) is 8.03. The number of nitrogens with zero attached hydrogens (tertiary/aromatic N) is 2. The molecular weight excluding hydrogens is 421 g/mol. The monoisotopic (exact) mass is 446 g/mol. The second-order valence-electron chi connectivity index (χ2n) is 8.58. The van der Waals surface area contributed by atoms with Crippen LogP contribution in [0.25, 0.3) is 16.9 Å². The van der Waals surface area contributed by atoms with E-state index in [4.69, 9.17) is 0 Å². The Bertz CT molecular complexity index is 1080. The molecule has 0 atom stereocenters. The maximum atomic E-state index is 13.2. The third-order valence-electron chi connectivity index (χ3n) is 6.33. The molecule has 3 N–H and O–H groups in total. The van der Waals surface area contributed by atoms with Crippen molar-refractivity contribution in [2.24, 2.45) is 0 Å². The Kier molecular flexibility index (Phi) is 5.65. The van der Waals surface area contributed by atoms with Gasteiger partial charge in [0, 0.05) is 5.56 Å². The van der Waals surface area contributed by atoms with Crippen LogP contribution in [0.4, 0.5) is 13.2 Å². The highest BCUT2D eigenvalue weighted by atomic mass is 19.4. The van der Waals surface area contributed by atoms with E-state index in [0.717, 1.165) is 16.7 Å². The normalized spacial score (nSPS) is 24.0. The predicted molar refractivity (Wildman–Crippen MR) is 113 cm³/mol. The van der Waals surface area contributed by atoms with E-state index in [1.165, 1.54) is 0 Å². The van der Waals surface area contributed by atoms with E-state index in [0.29, 0.717) is 11.4 Å². The van der Waals surface area contributed by atoms with Crippen LogP contribution >= 0.6 is 0 Å². The number of benzene rings is 2. The molecule has 2 aromatic carbocycles. The zero-order valence-electron chi connectivity index (χ0n) is 17.6. The Morgan fingerprint density at radius 2 is 1.53 bits per heavy atom. The summed E-state index contributed by atoms with van der Waals surface area (Å²) in [5, 5.41) is 35.1. The lowest BCUT2D eigenvalue weighted by Gasteiger charge is -2.40. The molecule has 5 nitrogen and oxygen atoms in total. The molecule has 4 rings (SSSR count). The molecule has 0 saturated heterocycles. The van der Waals surface area contributed by atoms with Gasteiger partial charge >= 0.3 is 6.18 Å². The first-order valence-corrected chi connectivity index (χ1v) is 10.4. The number of aryl methyl sites for hydroxylation is 1. The average Bonchev–Trinajstić information content (AvgIpc) is 3.22. The van der Waals surface area contributed by atoms with Crippen LogP contribution in [0.3, 0.4) is 0 Å². The lowest BCUT2D eigenvalue weighted by atomic mass is 9.74. The number of halogens is 3. The fourth-order valence-electron chi connectivity index (χ4n) is 4.09. The Morgan fingerprint density at radius 3 is 2.06 bits per heavy atom. The van der Waals surface area contributed by atoms with E-state index in [2.05, 4.69) is 5.10 Å². The third-order valence-corrected chi connectivity index (χ3v) is 6.33. The van der Waals surface area contributed by atoms with Crippen molar-refractivity contribution in [3.63, 3.8) is 0 Å². The van der Waals surface area contributed by atoms with Crippen LogP contribution in [-0.4, -0.2) is 36.9 Å². The zero-order valence-corrected chi connectivity index (χ0v) is 17.6. The molecule has 8 heteroatoms. The number of hydrogen-bond donors (Lipinski definition) is 3. The Labute approximate surface area is 183 Å². The number of aliphatic hydroxyl groups is 3. The average molecular weight is 446 g/mol. The lowest BCUT2D eigenvalue weighted by Crippen LogP contribution is -2.51. The van der Waals surface area contributed by atoms with Gasteiger partial charge in [-0.2, -0.15) is 18.3 Å². The molecule has 1 aromatic heterocycles. The summed E-state index contributed by atoms with van der Waals surface area (Å²) < 4.78 is 41.3. The van der Waals surface area contributed by atoms with E-state index in [-0.39, 0.29) is 25.1 Å². The highest BCUT2D eigenvalue weighted by molar-refractivity contribution is 5.63. The number of alkyl halides is 3. The smallest absolute Gasteiger partial charge is 0.392 e. The van der Waals surface area contributed by atoms with Crippen LogP contribution < -0.4 is 0 Å². The van der Waals surface area contributed by atoms with E-state index in [1.807, 2.05) is 31.2 Å². The number of rotatable bonds is 4. The maximum Gasteiger partial charge on any atom is 0.417 e. The minimum absolute atomic E-state index is 0.0999. The van der Waals surface area contributed by atoms with Crippen LogP contribution in [0.2, 0.25) is 0 Å². The topological polar surface area (TPSA) is 78.5 Å². The van der Waals surface area contributed by atoms with Crippen molar-refractivity contribution in [1.29, 1.82) is 0 Å². The van der Waals surface area contributed by atoms with Crippen LogP contribution in [0.15, 0.2) is 54.6 Å². The molecule has 0 radical (unpaired) electrons. The first-order chi connectivity index (χ1) is 15.0. The van der Waals surface area contributed by atoms with Crippen molar-refractivity contribution < 1.29 is 28.5 Å². The minimum atomic E-state index is -4.74. The largest absolute Gasteiger partial charge is 0.417 e. The summed E-state index contributed by atoms with van der Waals surface area (Å²) in [5.74, 6) is 0. The molecular formula is C24H25F3N2O3. The van der Waals surface area contributed by atoms with Crippen LogP contribution in [0, 0.1) is 6.92 Å². The molecule has 1 aliphatic carbocycles. The Balaban J connectivity index is 1.74. The van der Waals surface area contributed by atoms with Gasteiger partial charge < -0.3 is 15.3 Å². The molecule has 0 bridgehead atoms. The highest BCUT2D eigenvalue weighted by Gasteiger charge is 2.57. The summed E-state index contributed by atoms with van der Waals surface area (Å²) in [5.41, 5.74) is -0.0815. The molecule has 0 aliphatic heterocycles. The van der Waals surface area contributed by atoms with Crippen molar-refractivity contribution in [2.45, 2.75) is 56.6 Å². The van der Waals surface area contributed by atoms with Crippen molar-refractivity contribution in [2.75, 3.05) is 0 Å². The highest BCUT2D eigenvalue weighted by Crippen LogP contribution is 2.48. The first-order valence-electron chi connectivity index (χ1n) is 10.4. The van der Waals surface area contributed by atoms with Gasteiger partial charge in [0.05, 0.1) is 23.7 Å². The van der Waals surface area contributed by atoms with E-state index < -0.39 is 30.2 Å². The molecule has 170 valence electrons. The fourth-order valence-corrected chi connectivity index (χ4v) is 4.09. The van der Waals surface area contributed by atoms with Gasteiger partial charge in [0.2, 0.25) is 0 Å². The number of aliphatic hydroxyl groups excluding tert-OH is 1. The summed E-state index contributed by atoms with van der Waals surface area (Å²) in [7, 11) is 0. The van der Waals surface area contributed by atoms with Gasteiger partial charge in [-0.1, -0.05) is 42.0 Å². The summed E-state index contributed by atoms with van der Waals surface area (Å²) in [6, 6.07) is 16.5. The molecule has 32 heavy (non-hydrogen) atoms. The van der Waals surface area contributed by atoms with Gasteiger partial charge in [-0.05, 0) is 56.4 Å². The summed E-state index contributed by atoms with van der Waals surface area (Å²) >= 11 is 0. The molecule has 0 amide bonds. The van der Waals surface area contributed by atoms with E-state index in [1.54, 1.807) is 35.0 Å². The molecule has 1 aliphatic rings. The van der Waals surface area contributed by atoms with Crippen molar-refractivity contribution >= 4 is 0 Å². The van der Waals surface area contributed by atoms with Gasteiger partial charge in [-0.25, -0.2) is 4.68 Å². The van der Waals surface area contributed by atoms with Crippen LogP contribution in [-0.2, 0) is 12.2 Å². The Morgan fingerprint density at radius 1 is 0.938 bits per heavy atom. The molecule has 0 unspecified atom stereocenters. The summed E-state index contributed by atoms with van der Waals surface area (Å²) in [6.45, 7) is 1.87. The van der Waals surface area contributed by atoms with Gasteiger partial charge in [0.1, 0.15) is 5.60 Å². The lowest BCUT2D eigenvalue weighted by molar-refractivity contribution is -0.279. The maximum absolute atomic E-state index is 13.2. The molecule has 1 fully saturated rings. The Hall–Kier alpha value is -2.68. The third kappa shape index (κ3) is 4.05. The minimum Gasteiger partial charge on any atom is -0.392 e. The van der Waals surface area contributed by atoms with E-state index in [9.17, 15) is 28.5 Å². The number of aromatic nitrogens is 2. The van der Waals surface area contributed by atoms with Crippen LogP contribution in [0.5, 0.6) is 0 Å². The number of hydrogen-bond acceptors (Lipinski definition) is 4. The van der Waals surface area contributed by atoms with Crippen molar-refractivity contribution in [3.8, 4) is 16.9 Å². The molecule has 0 spiro atoms. The summed E-state index contributed by atoms with van der Waals surface area (Å²) in [4.78, 5) is 0. The van der Waals surface area contributed by atoms with Gasteiger partial charge in [0.25, 0.3) is 0 Å². The molecule has 1 heterocycles. The standard InChI is InChI=1S/C24H25F3N2O3/c1-16-2-6-18(7-3-16)20-14-21(28-29(20)19-8-4-17(15-30)5-9-19)22(31)10-12-23(32,13-11-22)24(25,26)27/h2-9,14,30-32H,10-13,15H2,1H3. The predicted octanol–water partition coefficient (Wildman–Crippen LogP) is 4.40. The second-order valence-corrected chi connectivity index (χ2v) is 8.58. The fraction of sp³-hybridized carbons (Fsp3) is 0.375. The van der Waals surface area contributed by atoms with E-state index >= 15 is 0 Å². The van der Waals surface area contributed by atoms with Crippen molar-refractivity contribution in [3.05, 3.63) is 71.4 Å². The zero-order chi connectivity index (χ0) is 23.1. The van der Waals surface area contributed by atoms with Crippen LogP contribution in [0.1, 0.15) is 42.5 Å². The van der Waals surface area contributed by atoms with Crippen molar-refractivity contribution in [1.82, 2.24) is 9.78 Å². The van der Waals surface area contributed by atoms with Gasteiger partial charge in [-0.15, -0.1) is 0 Å². The summed E-state index contributed by atoms with van der Waals surface area (Å²) in [6.07, 6.45) is -6.43. The molecule has 3 aromatic rings. The van der Waals surface area contributed by atoms with Gasteiger partial charge in [0.15, 0.2) is 5.60 Å². The quantitative estimate of drug-likeness (QED) is 0.555.